The molecule has 0 atom stereocenters. The summed E-state index contributed by atoms with van der Waals surface area (Å²) in [5.41, 5.74) is 21.1. The lowest BCUT2D eigenvalue weighted by molar-refractivity contribution is 1.24. The van der Waals surface area contributed by atoms with Crippen LogP contribution in [-0.2, 0) is 0 Å². The first-order valence-corrected chi connectivity index (χ1v) is 35.5. The quantitative estimate of drug-likeness (QED) is 0.118. The molecule has 0 saturated heterocycles. The molecule has 0 fully saturated rings. The van der Waals surface area contributed by atoms with E-state index in [2.05, 4.69) is 146 Å². The predicted molar refractivity (Wildman–Crippen MR) is 287 cm³/mol. The van der Waals surface area contributed by atoms with E-state index < -0.39 is 32.3 Å². The number of anilines is 4. The molecule has 8 nitrogen and oxygen atoms in total. The Hall–Kier alpha value is -6.65. The van der Waals surface area contributed by atoms with E-state index in [1.807, 2.05) is 109 Å². The average Bonchev–Trinajstić information content (AvgIpc) is 3.79. The zero-order valence-corrected chi connectivity index (χ0v) is 43.2. The van der Waals surface area contributed by atoms with Gasteiger partial charge in [-0.3, -0.25) is 0 Å². The van der Waals surface area contributed by atoms with Crippen LogP contribution in [0.25, 0.3) is 0 Å². The van der Waals surface area contributed by atoms with Crippen LogP contribution in [-0.4, -0.2) is 55.6 Å². The largest absolute Gasteiger partial charge is 0.337 e. The summed E-state index contributed by atoms with van der Waals surface area (Å²) >= 11 is 0. The maximum atomic E-state index is 4.91. The van der Waals surface area contributed by atoms with Crippen LogP contribution in [0.1, 0.15) is 22.3 Å². The van der Waals surface area contributed by atoms with E-state index in [0.29, 0.717) is 35.0 Å². The molecule has 4 N–H and O–H groups in total. The van der Waals surface area contributed by atoms with Gasteiger partial charge in [-0.25, -0.2) is 20.0 Å². The number of hydrogen-bond acceptors (Lipinski definition) is 8. The van der Waals surface area contributed by atoms with Gasteiger partial charge >= 0.3 is 0 Å². The first kappa shape index (κ1) is 46.8. The van der Waals surface area contributed by atoms with Gasteiger partial charge in [0.2, 0.25) is 0 Å². The monoisotopic (exact) mass is 906 g/mol. The molecule has 4 aromatic carbocycles. The van der Waals surface area contributed by atoms with Crippen molar-refractivity contribution in [3.63, 3.8) is 0 Å². The van der Waals surface area contributed by atoms with Gasteiger partial charge in [-0.2, -0.15) is 0 Å². The lowest BCUT2D eigenvalue weighted by Gasteiger charge is -2.11. The van der Waals surface area contributed by atoms with Crippen LogP contribution in [0.15, 0.2) is 141 Å². The molecular formula is C52H58N8Si4. The van der Waals surface area contributed by atoms with Crippen molar-refractivity contribution in [2.75, 3.05) is 21.3 Å². The second kappa shape index (κ2) is 19.8. The van der Waals surface area contributed by atoms with Gasteiger partial charge in [-0.15, -0.1) is 22.2 Å². The summed E-state index contributed by atoms with van der Waals surface area (Å²) in [7, 11) is -6.00. The Morgan fingerprint density at radius 1 is 0.312 bits per heavy atom. The molecule has 0 spiro atoms. The number of benzene rings is 4. The zero-order valence-electron chi connectivity index (χ0n) is 39.2. The van der Waals surface area contributed by atoms with Gasteiger partial charge in [-0.1, -0.05) is 102 Å². The van der Waals surface area contributed by atoms with E-state index in [0.717, 1.165) is 45.0 Å². The third-order valence-electron chi connectivity index (χ3n) is 8.65. The van der Waals surface area contributed by atoms with Crippen LogP contribution in [0.3, 0.4) is 0 Å². The minimum atomic E-state index is -1.50. The molecule has 0 aliphatic carbocycles. The smallest absolute Gasteiger partial charge is 0.176 e. The number of allylic oxidation sites excluding steroid dienone is 2. The van der Waals surface area contributed by atoms with Crippen LogP contribution in [0.5, 0.6) is 0 Å². The van der Waals surface area contributed by atoms with Crippen molar-refractivity contribution in [2.24, 2.45) is 20.0 Å². The molecule has 0 unspecified atom stereocenters. The Kier molecular flexibility index (Phi) is 14.5. The van der Waals surface area contributed by atoms with Gasteiger partial charge in [0.05, 0.1) is 0 Å². The highest BCUT2D eigenvalue weighted by atomic mass is 28.3. The SMILES string of the molecule is C[Si](C)(C)C#Cc1ccc(NC2=NC(=CC=C3N=C(Nc4ccc(C#C[Si](C)(C)C)cc4)C(Nc4ccc(C#C[Si](C)(C)C)cc4)=N3)N=C2Nc2ccc(C#C[Si](C)(C)C)cc2)cc1. The molecule has 4 aromatic rings. The lowest BCUT2D eigenvalue weighted by Crippen LogP contribution is -2.27. The van der Waals surface area contributed by atoms with Crippen LogP contribution in [0, 0.1) is 45.9 Å². The summed E-state index contributed by atoms with van der Waals surface area (Å²) in [6.45, 7) is 26.9. The Bertz CT molecular complexity index is 2440. The van der Waals surface area contributed by atoms with Crippen molar-refractivity contribution < 1.29 is 0 Å². The zero-order chi connectivity index (χ0) is 46.1. The van der Waals surface area contributed by atoms with E-state index in [-0.39, 0.29) is 0 Å². The molecule has 0 aromatic heterocycles. The van der Waals surface area contributed by atoms with Crippen LogP contribution in [0.4, 0.5) is 22.7 Å². The number of hydrogen-bond donors (Lipinski definition) is 4. The molecule has 322 valence electrons. The summed E-state index contributed by atoms with van der Waals surface area (Å²) < 4.78 is 0. The van der Waals surface area contributed by atoms with Crippen molar-refractivity contribution in [3.05, 3.63) is 143 Å². The first-order chi connectivity index (χ1) is 30.1. The second-order valence-corrected chi connectivity index (χ2v) is 38.7. The van der Waals surface area contributed by atoms with Crippen molar-refractivity contribution in [1.82, 2.24) is 0 Å². The van der Waals surface area contributed by atoms with E-state index in [1.54, 1.807) is 0 Å². The molecule has 0 radical (unpaired) electrons. The summed E-state index contributed by atoms with van der Waals surface area (Å²) in [4.78, 5) is 19.6. The Labute approximate surface area is 385 Å². The molecule has 2 heterocycles. The Morgan fingerprint density at radius 3 is 0.672 bits per heavy atom. The predicted octanol–water partition coefficient (Wildman–Crippen LogP) is 11.7. The molecule has 0 saturated carbocycles. The first-order valence-electron chi connectivity index (χ1n) is 21.5. The number of amidine groups is 4. The lowest BCUT2D eigenvalue weighted by atomic mass is 10.2. The van der Waals surface area contributed by atoms with Crippen molar-refractivity contribution in [3.8, 4) is 45.9 Å². The second-order valence-electron chi connectivity index (χ2n) is 19.7. The highest BCUT2D eigenvalue weighted by molar-refractivity contribution is 6.85. The van der Waals surface area contributed by atoms with Crippen molar-refractivity contribution in [2.45, 2.75) is 78.6 Å². The molecule has 64 heavy (non-hydrogen) atoms. The fraction of sp³-hybridized carbons (Fsp3) is 0.231. The Balaban J connectivity index is 1.30. The third-order valence-corrected chi connectivity index (χ3v) is 12.2. The fourth-order valence-electron chi connectivity index (χ4n) is 5.50. The molecule has 2 aliphatic rings. The van der Waals surface area contributed by atoms with Crippen LogP contribution >= 0.6 is 0 Å². The maximum Gasteiger partial charge on any atom is 0.176 e. The van der Waals surface area contributed by atoms with Gasteiger partial charge in [0, 0.05) is 45.0 Å². The van der Waals surface area contributed by atoms with Gasteiger partial charge in [0.25, 0.3) is 0 Å². The fourth-order valence-corrected chi connectivity index (χ4v) is 7.58. The van der Waals surface area contributed by atoms with Gasteiger partial charge in [0.1, 0.15) is 32.3 Å². The molecule has 0 bridgehead atoms. The van der Waals surface area contributed by atoms with Gasteiger partial charge in [-0.05, 0) is 109 Å². The molecule has 6 rings (SSSR count). The third kappa shape index (κ3) is 15.6. The normalized spacial score (nSPS) is 13.4. The minimum Gasteiger partial charge on any atom is -0.337 e. The topological polar surface area (TPSA) is 97.6 Å². The molecular weight excluding hydrogens is 849 g/mol. The highest BCUT2D eigenvalue weighted by Crippen LogP contribution is 2.21. The van der Waals surface area contributed by atoms with Crippen LogP contribution in [0.2, 0.25) is 78.6 Å². The summed E-state index contributed by atoms with van der Waals surface area (Å²) in [5.74, 6) is 16.6. The number of rotatable bonds is 5. The Morgan fingerprint density at radius 2 is 0.500 bits per heavy atom. The van der Waals surface area contributed by atoms with E-state index in [9.17, 15) is 0 Å². The molecule has 2 aliphatic heterocycles. The van der Waals surface area contributed by atoms with E-state index in [1.165, 1.54) is 0 Å². The number of nitrogens with one attached hydrogen (secondary N) is 4. The van der Waals surface area contributed by atoms with Crippen LogP contribution < -0.4 is 21.3 Å². The average molecular weight is 907 g/mol. The van der Waals surface area contributed by atoms with Crippen molar-refractivity contribution >= 4 is 78.4 Å². The molecule has 0 amide bonds. The number of aliphatic imine (C=N–C) groups is 4. The minimum absolute atomic E-state index is 0.485. The summed E-state index contributed by atoms with van der Waals surface area (Å²) in [5, 5.41) is 13.9. The van der Waals surface area contributed by atoms with E-state index >= 15 is 0 Å². The summed E-state index contributed by atoms with van der Waals surface area (Å²) in [6.07, 6.45) is 3.64. The standard InChI is InChI=1S/C52H58N8Si4/c1-61(2,3)35-31-39-13-21-43(22-14-39)53-49-50(54-44-23-15-40(16-24-44)32-36-62(4,5)6)58-47(57-49)29-30-48-59-51(55-45-25-17-41(18-26-45)33-37-63(7,8)9)52(60-48)56-46-27-19-42(20-28-46)34-38-64(10,11)12/h13-30H,1-12H3,(H,53,57)(H,54,58)(H,55,59)(H,56,60). The summed E-state index contributed by atoms with van der Waals surface area (Å²) in [6, 6.07) is 32.3. The van der Waals surface area contributed by atoms with E-state index in [4.69, 9.17) is 20.0 Å². The maximum absolute atomic E-state index is 4.91. The number of nitrogens with zero attached hydrogens (tertiary/aromatic N) is 4. The van der Waals surface area contributed by atoms with Crippen molar-refractivity contribution in [1.29, 1.82) is 0 Å². The van der Waals surface area contributed by atoms with Gasteiger partial charge in [0.15, 0.2) is 35.0 Å². The molecule has 12 heteroatoms. The van der Waals surface area contributed by atoms with Gasteiger partial charge < -0.3 is 21.3 Å². The highest BCUT2D eigenvalue weighted by Gasteiger charge is 2.21.